The van der Waals surface area contributed by atoms with Crippen LogP contribution in [0.1, 0.15) is 41.5 Å². The number of nitrogens with one attached hydrogen (secondary N) is 1. The molecular formula is C18H21N9O2. The molecule has 0 saturated carbocycles. The number of aromatic nitrogens is 5. The number of rotatable bonds is 6. The Labute approximate surface area is 166 Å². The summed E-state index contributed by atoms with van der Waals surface area (Å²) >= 11 is 0. The van der Waals surface area contributed by atoms with E-state index in [1.165, 1.54) is 4.68 Å². The molecule has 150 valence electrons. The Bertz CT molecular complexity index is 1020. The predicted octanol–water partition coefficient (Wildman–Crippen LogP) is 0.982. The van der Waals surface area contributed by atoms with Crippen LogP contribution < -0.4 is 11.2 Å². The minimum atomic E-state index is -0.470. The zero-order valence-corrected chi connectivity index (χ0v) is 15.9. The van der Waals surface area contributed by atoms with Gasteiger partial charge in [-0.2, -0.15) is 9.78 Å². The molecule has 0 atom stereocenters. The van der Waals surface area contributed by atoms with Crippen molar-refractivity contribution >= 4 is 17.4 Å². The van der Waals surface area contributed by atoms with Gasteiger partial charge >= 0.3 is 0 Å². The Hall–Kier alpha value is -3.60. The highest BCUT2D eigenvalue weighted by Crippen LogP contribution is 2.19. The first-order valence-electron chi connectivity index (χ1n) is 9.29. The van der Waals surface area contributed by atoms with E-state index in [2.05, 4.69) is 40.7 Å². The van der Waals surface area contributed by atoms with Crippen molar-refractivity contribution in [2.75, 3.05) is 18.8 Å². The summed E-state index contributed by atoms with van der Waals surface area (Å²) in [7, 11) is 0. The Morgan fingerprint density at radius 1 is 1.24 bits per heavy atom. The first-order chi connectivity index (χ1) is 14.1. The summed E-state index contributed by atoms with van der Waals surface area (Å²) in [4.78, 5) is 15.2. The number of hydrogen-bond donors (Lipinski definition) is 2. The van der Waals surface area contributed by atoms with Crippen LogP contribution in [0.4, 0.5) is 5.82 Å². The topological polar surface area (TPSA) is 140 Å². The van der Waals surface area contributed by atoms with Crippen molar-refractivity contribution < 1.29 is 9.42 Å². The number of nitrogens with two attached hydrogens (primary N) is 1. The van der Waals surface area contributed by atoms with Crippen LogP contribution in [0.2, 0.25) is 0 Å². The van der Waals surface area contributed by atoms with Crippen molar-refractivity contribution in [3.8, 4) is 5.82 Å². The van der Waals surface area contributed by atoms with Gasteiger partial charge in [-0.3, -0.25) is 9.69 Å². The highest BCUT2D eigenvalue weighted by Gasteiger charge is 2.27. The maximum Gasteiger partial charge on any atom is 0.292 e. The van der Waals surface area contributed by atoms with Gasteiger partial charge in [0.25, 0.3) is 5.91 Å². The average molecular weight is 395 g/mol. The predicted molar refractivity (Wildman–Crippen MR) is 104 cm³/mol. The first-order valence-corrected chi connectivity index (χ1v) is 9.29. The van der Waals surface area contributed by atoms with E-state index in [0.717, 1.165) is 31.5 Å². The Balaban J connectivity index is 1.63. The molecule has 3 aromatic rings. The average Bonchev–Trinajstić information content (AvgIpc) is 3.48. The number of carbonyl (C=O) groups is 1. The van der Waals surface area contributed by atoms with Gasteiger partial charge in [-0.25, -0.2) is 10.1 Å². The quantitative estimate of drug-likeness (QED) is 0.465. The van der Waals surface area contributed by atoms with E-state index in [9.17, 15) is 4.79 Å². The molecule has 11 heteroatoms. The number of benzene rings is 1. The van der Waals surface area contributed by atoms with Gasteiger partial charge in [-0.15, -0.1) is 5.10 Å². The fourth-order valence-electron chi connectivity index (χ4n) is 3.22. The second-order valence-electron chi connectivity index (χ2n) is 6.76. The maximum atomic E-state index is 13.0. The minimum Gasteiger partial charge on any atom is -0.378 e. The number of carbonyl (C=O) groups excluding carboxylic acids is 1. The fourth-order valence-corrected chi connectivity index (χ4v) is 3.22. The summed E-state index contributed by atoms with van der Waals surface area (Å²) in [5.41, 5.74) is 10.7. The maximum absolute atomic E-state index is 13.0. The highest BCUT2D eigenvalue weighted by atomic mass is 16.6. The van der Waals surface area contributed by atoms with Crippen molar-refractivity contribution in [2.45, 2.75) is 26.3 Å². The largest absolute Gasteiger partial charge is 0.378 e. The van der Waals surface area contributed by atoms with Gasteiger partial charge in [0.1, 0.15) is 5.69 Å². The Morgan fingerprint density at radius 2 is 2.00 bits per heavy atom. The first kappa shape index (κ1) is 18.7. The lowest BCUT2D eigenvalue weighted by Gasteiger charge is -2.13. The van der Waals surface area contributed by atoms with Crippen molar-refractivity contribution in [1.29, 1.82) is 0 Å². The molecule has 1 aromatic carbocycles. The molecule has 1 aliphatic heterocycles. The summed E-state index contributed by atoms with van der Waals surface area (Å²) < 4.78 is 5.89. The third-order valence-corrected chi connectivity index (χ3v) is 4.74. The number of hydrogen-bond acceptors (Lipinski definition) is 9. The number of amides is 1. The van der Waals surface area contributed by atoms with Crippen molar-refractivity contribution in [3.05, 3.63) is 47.3 Å². The molecule has 4 rings (SSSR count). The van der Waals surface area contributed by atoms with E-state index >= 15 is 0 Å². The van der Waals surface area contributed by atoms with Crippen LogP contribution in [0.25, 0.3) is 5.82 Å². The van der Waals surface area contributed by atoms with E-state index in [1.54, 1.807) is 0 Å². The summed E-state index contributed by atoms with van der Waals surface area (Å²) in [6.07, 6.45) is 2.24. The monoisotopic (exact) mass is 395 g/mol. The molecule has 3 N–H and O–H groups in total. The zero-order chi connectivity index (χ0) is 20.2. The van der Waals surface area contributed by atoms with E-state index in [1.807, 2.05) is 37.3 Å². The molecule has 1 saturated heterocycles. The molecule has 1 aliphatic rings. The third kappa shape index (κ3) is 3.99. The van der Waals surface area contributed by atoms with Gasteiger partial charge in [0.15, 0.2) is 5.69 Å². The normalized spacial score (nSPS) is 15.0. The molecule has 1 amide bonds. The van der Waals surface area contributed by atoms with E-state index in [4.69, 9.17) is 5.73 Å². The van der Waals surface area contributed by atoms with Gasteiger partial charge in [0.05, 0.1) is 5.71 Å². The molecule has 0 spiro atoms. The lowest BCUT2D eigenvalue weighted by atomic mass is 10.1. The summed E-state index contributed by atoms with van der Waals surface area (Å²) in [6.45, 7) is 4.21. The van der Waals surface area contributed by atoms with Crippen LogP contribution in [-0.2, 0) is 6.54 Å². The number of hydrazone groups is 1. The van der Waals surface area contributed by atoms with Crippen LogP contribution in [0.5, 0.6) is 0 Å². The smallest absolute Gasteiger partial charge is 0.292 e. The Kier molecular flexibility index (Phi) is 5.29. The molecule has 0 radical (unpaired) electrons. The van der Waals surface area contributed by atoms with Crippen molar-refractivity contribution in [3.63, 3.8) is 0 Å². The molecule has 1 fully saturated rings. The second-order valence-corrected chi connectivity index (χ2v) is 6.76. The van der Waals surface area contributed by atoms with Gasteiger partial charge in [0.2, 0.25) is 11.6 Å². The van der Waals surface area contributed by atoms with Gasteiger partial charge in [-0.05, 0) is 48.7 Å². The van der Waals surface area contributed by atoms with Crippen molar-refractivity contribution in [2.24, 2.45) is 5.10 Å². The second kappa shape index (κ2) is 8.19. The van der Waals surface area contributed by atoms with E-state index < -0.39 is 5.91 Å². The minimum absolute atomic E-state index is 0.0145. The van der Waals surface area contributed by atoms with Crippen LogP contribution in [0.3, 0.4) is 0 Å². The molecule has 29 heavy (non-hydrogen) atoms. The highest BCUT2D eigenvalue weighted by molar-refractivity contribution is 6.00. The number of likely N-dealkylation sites (tertiary alicyclic amines) is 1. The van der Waals surface area contributed by atoms with Crippen LogP contribution in [0, 0.1) is 0 Å². The van der Waals surface area contributed by atoms with E-state index in [0.29, 0.717) is 18.0 Å². The van der Waals surface area contributed by atoms with Gasteiger partial charge in [0, 0.05) is 6.54 Å². The van der Waals surface area contributed by atoms with Crippen LogP contribution >= 0.6 is 0 Å². The number of nitrogens with zero attached hydrogens (tertiary/aromatic N) is 7. The van der Waals surface area contributed by atoms with Gasteiger partial charge < -0.3 is 5.73 Å². The lowest BCUT2D eigenvalue weighted by Crippen LogP contribution is -2.26. The number of anilines is 1. The molecule has 11 nitrogen and oxygen atoms in total. The molecular weight excluding hydrogens is 374 g/mol. The zero-order valence-electron chi connectivity index (χ0n) is 15.9. The Morgan fingerprint density at radius 3 is 2.69 bits per heavy atom. The summed E-state index contributed by atoms with van der Waals surface area (Å²) in [5, 5.41) is 19.7. The molecule has 0 unspecified atom stereocenters. The SMILES string of the molecule is C/C(=N\NC(=O)c1c(CN2CCCC2)nnn1-c1nonc1N)c1ccccc1. The molecule has 2 aromatic heterocycles. The molecule has 0 bridgehead atoms. The lowest BCUT2D eigenvalue weighted by molar-refractivity contribution is 0.0945. The van der Waals surface area contributed by atoms with Crippen LogP contribution in [-0.4, -0.2) is 54.9 Å². The van der Waals surface area contributed by atoms with Crippen molar-refractivity contribution in [1.82, 2.24) is 35.6 Å². The number of nitrogen functional groups attached to an aromatic ring is 1. The summed E-state index contributed by atoms with van der Waals surface area (Å²) in [5.74, 6) is -0.346. The summed E-state index contributed by atoms with van der Waals surface area (Å²) in [6, 6.07) is 9.56. The fraction of sp³-hybridized carbons (Fsp3) is 0.333. The van der Waals surface area contributed by atoms with E-state index in [-0.39, 0.29) is 17.3 Å². The van der Waals surface area contributed by atoms with Crippen LogP contribution in [0.15, 0.2) is 40.1 Å². The third-order valence-electron chi connectivity index (χ3n) is 4.74. The van der Waals surface area contributed by atoms with Gasteiger partial charge in [-0.1, -0.05) is 35.5 Å². The standard InChI is InChI=1S/C18H21N9O2/c1-12(13-7-3-2-4-8-13)20-22-18(28)15-14(11-26-9-5-6-10-26)21-25-27(15)17-16(19)23-29-24-17/h2-4,7-8H,5-6,9-11H2,1H3,(H2,19,23)(H,22,28)/b20-12+. The molecule has 0 aliphatic carbocycles. The molecule has 3 heterocycles.